The normalized spacial score (nSPS) is 16.3. The van der Waals surface area contributed by atoms with Gasteiger partial charge in [-0.05, 0) is 48.2 Å². The van der Waals surface area contributed by atoms with Crippen molar-refractivity contribution in [3.63, 3.8) is 0 Å². The minimum atomic E-state index is -0.0198. The van der Waals surface area contributed by atoms with Crippen molar-refractivity contribution < 1.29 is 9.53 Å². The lowest BCUT2D eigenvalue weighted by Crippen LogP contribution is -2.39. The Morgan fingerprint density at radius 2 is 1.75 bits per heavy atom. The number of nitrogens with one attached hydrogen (secondary N) is 2. The number of methoxy groups -OCH3 is 1. The maximum absolute atomic E-state index is 12.0. The monoisotopic (exact) mass is 346 g/mol. The van der Waals surface area contributed by atoms with E-state index in [1.165, 1.54) is 0 Å². The van der Waals surface area contributed by atoms with E-state index in [1.807, 2.05) is 24.3 Å². The minimum absolute atomic E-state index is 0. The third-order valence-corrected chi connectivity index (χ3v) is 4.22. The number of ether oxygens (including phenoxy) is 1. The van der Waals surface area contributed by atoms with E-state index in [-0.39, 0.29) is 24.4 Å². The Bertz CT molecular complexity index is 650. The maximum Gasteiger partial charge on any atom is 0.237 e. The Hall–Kier alpha value is -2.04. The Labute approximate surface area is 149 Å². The van der Waals surface area contributed by atoms with Gasteiger partial charge < -0.3 is 15.4 Å². The zero-order valence-corrected chi connectivity index (χ0v) is 14.6. The van der Waals surface area contributed by atoms with Crippen molar-refractivity contribution in [3.05, 3.63) is 54.1 Å². The van der Waals surface area contributed by atoms with Crippen LogP contribution in [0.15, 0.2) is 48.5 Å². The molecule has 0 aliphatic carbocycles. The first-order chi connectivity index (χ1) is 11.3. The summed E-state index contributed by atoms with van der Waals surface area (Å²) in [6, 6.07) is 16.3. The number of carbonyl (C=O) groups excluding carboxylic acids is 1. The maximum atomic E-state index is 12.0. The van der Waals surface area contributed by atoms with Gasteiger partial charge >= 0.3 is 0 Å². The number of amides is 1. The molecule has 1 aliphatic heterocycles. The van der Waals surface area contributed by atoms with Gasteiger partial charge in [-0.1, -0.05) is 36.4 Å². The third-order valence-electron chi connectivity index (χ3n) is 4.22. The second kappa shape index (κ2) is 8.71. The van der Waals surface area contributed by atoms with Gasteiger partial charge in [0.25, 0.3) is 0 Å². The van der Waals surface area contributed by atoms with Gasteiger partial charge in [-0.2, -0.15) is 0 Å². The summed E-state index contributed by atoms with van der Waals surface area (Å²) in [5, 5.41) is 6.21. The van der Waals surface area contributed by atoms with Crippen LogP contribution < -0.4 is 15.4 Å². The molecule has 2 N–H and O–H groups in total. The molecule has 1 unspecified atom stereocenters. The first kappa shape index (κ1) is 18.3. The lowest BCUT2D eigenvalue weighted by atomic mass is 10.0. The van der Waals surface area contributed by atoms with Crippen LogP contribution in [0.1, 0.15) is 18.4 Å². The smallest absolute Gasteiger partial charge is 0.237 e. The van der Waals surface area contributed by atoms with Crippen molar-refractivity contribution in [2.24, 2.45) is 0 Å². The Kier molecular flexibility index (Phi) is 6.64. The molecule has 1 aliphatic rings. The van der Waals surface area contributed by atoms with Crippen LogP contribution in [0.3, 0.4) is 0 Å². The predicted octanol–water partition coefficient (Wildman–Crippen LogP) is 3.15. The topological polar surface area (TPSA) is 50.4 Å². The van der Waals surface area contributed by atoms with Crippen LogP contribution >= 0.6 is 12.4 Å². The second-order valence-corrected chi connectivity index (χ2v) is 5.79. The van der Waals surface area contributed by atoms with E-state index >= 15 is 0 Å². The molecule has 128 valence electrons. The summed E-state index contributed by atoms with van der Waals surface area (Å²) in [5.74, 6) is 0.954. The van der Waals surface area contributed by atoms with Gasteiger partial charge in [0, 0.05) is 6.54 Å². The highest BCUT2D eigenvalue weighted by Gasteiger charge is 2.21. The number of hydrogen-bond acceptors (Lipinski definition) is 3. The molecule has 0 aromatic heterocycles. The Balaban J connectivity index is 0.00000208. The fourth-order valence-corrected chi connectivity index (χ4v) is 2.82. The molecule has 5 heteroatoms. The van der Waals surface area contributed by atoms with E-state index < -0.39 is 0 Å². The van der Waals surface area contributed by atoms with Crippen LogP contribution in [0.2, 0.25) is 0 Å². The van der Waals surface area contributed by atoms with Crippen molar-refractivity contribution in [3.8, 4) is 16.9 Å². The minimum Gasteiger partial charge on any atom is -0.497 e. The number of benzene rings is 2. The summed E-state index contributed by atoms with van der Waals surface area (Å²) in [5.41, 5.74) is 3.41. The summed E-state index contributed by atoms with van der Waals surface area (Å²) in [6.45, 7) is 1.51. The summed E-state index contributed by atoms with van der Waals surface area (Å²) in [4.78, 5) is 12.0. The molecule has 0 saturated carbocycles. The van der Waals surface area contributed by atoms with Gasteiger partial charge in [-0.25, -0.2) is 0 Å². The van der Waals surface area contributed by atoms with Crippen molar-refractivity contribution in [1.82, 2.24) is 10.6 Å². The van der Waals surface area contributed by atoms with Gasteiger partial charge in [0.15, 0.2) is 0 Å². The molecule has 0 spiro atoms. The van der Waals surface area contributed by atoms with Gasteiger partial charge in [0.1, 0.15) is 5.75 Å². The molecule has 1 saturated heterocycles. The molecule has 1 heterocycles. The van der Waals surface area contributed by atoms with Crippen molar-refractivity contribution in [2.75, 3.05) is 13.7 Å². The zero-order valence-electron chi connectivity index (χ0n) is 13.7. The molecule has 2 aromatic carbocycles. The summed E-state index contributed by atoms with van der Waals surface area (Å²) in [7, 11) is 1.67. The van der Waals surface area contributed by atoms with Crippen LogP contribution in [0.25, 0.3) is 11.1 Å². The standard InChI is InChI=1S/C19H22N2O2.ClH/c1-23-17-10-8-16(9-11-17)15-6-4-14(5-7-15)13-21-19(22)18-3-2-12-20-18;/h4-11,18,20H,2-3,12-13H2,1H3,(H,21,22);1H. The van der Waals surface area contributed by atoms with E-state index in [4.69, 9.17) is 4.74 Å². The molecule has 1 amide bonds. The highest BCUT2D eigenvalue weighted by molar-refractivity contribution is 5.85. The number of halogens is 1. The highest BCUT2D eigenvalue weighted by atomic mass is 35.5. The number of hydrogen-bond donors (Lipinski definition) is 2. The van der Waals surface area contributed by atoms with E-state index in [2.05, 4.69) is 34.9 Å². The molecular weight excluding hydrogens is 324 g/mol. The molecule has 1 atom stereocenters. The van der Waals surface area contributed by atoms with Crippen LogP contribution in [0, 0.1) is 0 Å². The number of carbonyl (C=O) groups is 1. The van der Waals surface area contributed by atoms with Crippen molar-refractivity contribution in [1.29, 1.82) is 0 Å². The molecule has 0 bridgehead atoms. The summed E-state index contributed by atoms with van der Waals surface area (Å²) < 4.78 is 5.18. The van der Waals surface area contributed by atoms with E-state index in [9.17, 15) is 4.79 Å². The zero-order chi connectivity index (χ0) is 16.1. The van der Waals surface area contributed by atoms with Crippen LogP contribution in [-0.2, 0) is 11.3 Å². The van der Waals surface area contributed by atoms with Gasteiger partial charge in [-0.15, -0.1) is 12.4 Å². The summed E-state index contributed by atoms with van der Waals surface area (Å²) in [6.07, 6.45) is 2.01. The fourth-order valence-electron chi connectivity index (χ4n) is 2.82. The molecule has 4 nitrogen and oxygen atoms in total. The largest absolute Gasteiger partial charge is 0.497 e. The number of rotatable bonds is 5. The molecule has 0 radical (unpaired) electrons. The predicted molar refractivity (Wildman–Crippen MR) is 98.5 cm³/mol. The average Bonchev–Trinajstić information content (AvgIpc) is 3.15. The molecule has 3 rings (SSSR count). The van der Waals surface area contributed by atoms with Crippen molar-refractivity contribution >= 4 is 18.3 Å². The first-order valence-electron chi connectivity index (χ1n) is 8.01. The molecular formula is C19H23ClN2O2. The van der Waals surface area contributed by atoms with Crippen molar-refractivity contribution in [2.45, 2.75) is 25.4 Å². The molecule has 1 fully saturated rings. The summed E-state index contributed by atoms with van der Waals surface area (Å²) >= 11 is 0. The van der Waals surface area contributed by atoms with Crippen LogP contribution in [0.4, 0.5) is 0 Å². The quantitative estimate of drug-likeness (QED) is 0.874. The van der Waals surface area contributed by atoms with Gasteiger partial charge in [0.05, 0.1) is 13.2 Å². The van der Waals surface area contributed by atoms with Crippen LogP contribution in [0.5, 0.6) is 5.75 Å². The first-order valence-corrected chi connectivity index (χ1v) is 8.01. The average molecular weight is 347 g/mol. The molecule has 24 heavy (non-hydrogen) atoms. The second-order valence-electron chi connectivity index (χ2n) is 5.79. The lowest BCUT2D eigenvalue weighted by Gasteiger charge is -2.11. The van der Waals surface area contributed by atoms with E-state index in [1.54, 1.807) is 7.11 Å². The van der Waals surface area contributed by atoms with Gasteiger partial charge in [-0.3, -0.25) is 4.79 Å². The van der Waals surface area contributed by atoms with Gasteiger partial charge in [0.2, 0.25) is 5.91 Å². The lowest BCUT2D eigenvalue weighted by molar-refractivity contribution is -0.122. The Morgan fingerprint density at radius 3 is 2.29 bits per heavy atom. The fraction of sp³-hybridized carbons (Fsp3) is 0.316. The SMILES string of the molecule is COc1ccc(-c2ccc(CNC(=O)C3CCCN3)cc2)cc1.Cl. The van der Waals surface area contributed by atoms with E-state index in [0.29, 0.717) is 6.54 Å². The van der Waals surface area contributed by atoms with Crippen LogP contribution in [-0.4, -0.2) is 25.6 Å². The molecule has 2 aromatic rings. The third kappa shape index (κ3) is 4.49. The van der Waals surface area contributed by atoms with E-state index in [0.717, 1.165) is 41.8 Å². The highest BCUT2D eigenvalue weighted by Crippen LogP contribution is 2.22. The Morgan fingerprint density at radius 1 is 1.12 bits per heavy atom.